The van der Waals surface area contributed by atoms with Gasteiger partial charge >= 0.3 is 0 Å². The van der Waals surface area contributed by atoms with Crippen LogP contribution in [0.4, 0.5) is 0 Å². The highest BCUT2D eigenvalue weighted by Gasteiger charge is 2.49. The van der Waals surface area contributed by atoms with Crippen molar-refractivity contribution in [2.24, 2.45) is 0 Å². The Morgan fingerprint density at radius 3 is 2.50 bits per heavy atom. The first-order valence-electron chi connectivity index (χ1n) is 7.77. The minimum absolute atomic E-state index is 0.0107. The van der Waals surface area contributed by atoms with Gasteiger partial charge < -0.3 is 4.90 Å². The summed E-state index contributed by atoms with van der Waals surface area (Å²) in [6.07, 6.45) is 1.07. The zero-order valence-corrected chi connectivity index (χ0v) is 13.8. The first kappa shape index (κ1) is 15.5. The third kappa shape index (κ3) is 2.65. The maximum Gasteiger partial charge on any atom is 0.224 e. The van der Waals surface area contributed by atoms with Crippen molar-refractivity contribution in [3.63, 3.8) is 0 Å². The van der Waals surface area contributed by atoms with E-state index < -0.39 is 10.0 Å². The van der Waals surface area contributed by atoms with Crippen LogP contribution in [-0.2, 0) is 20.6 Å². The molecule has 5 nitrogen and oxygen atoms in total. The Morgan fingerprint density at radius 1 is 1.18 bits per heavy atom. The van der Waals surface area contributed by atoms with Gasteiger partial charge in [-0.1, -0.05) is 29.8 Å². The fraction of sp³-hybridized carbons (Fsp3) is 0.562. The molecule has 120 valence electrons. The lowest BCUT2D eigenvalue weighted by molar-refractivity contribution is -0.128. The average Bonchev–Trinajstić information content (AvgIpc) is 2.99. The van der Waals surface area contributed by atoms with Crippen molar-refractivity contribution < 1.29 is 13.2 Å². The number of fused-ring (bicyclic) bond motifs is 1. The molecule has 2 aliphatic heterocycles. The van der Waals surface area contributed by atoms with Crippen LogP contribution >= 0.6 is 0 Å². The van der Waals surface area contributed by atoms with Gasteiger partial charge in [-0.25, -0.2) is 8.42 Å². The highest BCUT2D eigenvalue weighted by Crippen LogP contribution is 2.34. The molecule has 0 unspecified atom stereocenters. The van der Waals surface area contributed by atoms with Crippen molar-refractivity contribution in [3.05, 3.63) is 35.4 Å². The van der Waals surface area contributed by atoms with Crippen LogP contribution < -0.4 is 0 Å². The Bertz CT molecular complexity index is 669. The van der Waals surface area contributed by atoms with Gasteiger partial charge in [0.2, 0.25) is 15.9 Å². The molecule has 3 rings (SSSR count). The lowest BCUT2D eigenvalue weighted by Crippen LogP contribution is -2.40. The molecule has 0 N–H and O–H groups in total. The molecule has 1 aromatic carbocycles. The molecule has 0 bridgehead atoms. The molecule has 0 saturated carbocycles. The SMILES string of the molecule is CCN1C(=O)C[C@H]2[C@H]1CCN2S(=O)(=O)Cc1ccc(C)cc1. The van der Waals surface area contributed by atoms with E-state index >= 15 is 0 Å². The van der Waals surface area contributed by atoms with Crippen LogP contribution in [0, 0.1) is 6.92 Å². The Morgan fingerprint density at radius 2 is 1.86 bits per heavy atom. The molecule has 1 amide bonds. The summed E-state index contributed by atoms with van der Waals surface area (Å²) in [5.74, 6) is 0.0873. The number of rotatable bonds is 4. The molecule has 1 aromatic rings. The first-order valence-corrected chi connectivity index (χ1v) is 9.38. The molecule has 2 aliphatic rings. The van der Waals surface area contributed by atoms with Gasteiger partial charge in [0.25, 0.3) is 0 Å². The third-order valence-electron chi connectivity index (χ3n) is 4.73. The molecule has 2 heterocycles. The average molecular weight is 322 g/mol. The molecule has 2 saturated heterocycles. The quantitative estimate of drug-likeness (QED) is 0.844. The van der Waals surface area contributed by atoms with Gasteiger partial charge in [0.1, 0.15) is 0 Å². The Labute approximate surface area is 132 Å². The predicted octanol–water partition coefficient (Wildman–Crippen LogP) is 1.52. The van der Waals surface area contributed by atoms with E-state index in [9.17, 15) is 13.2 Å². The minimum atomic E-state index is -3.38. The summed E-state index contributed by atoms with van der Waals surface area (Å²) in [5.41, 5.74) is 1.91. The van der Waals surface area contributed by atoms with Crippen molar-refractivity contribution in [1.29, 1.82) is 0 Å². The maximum atomic E-state index is 12.7. The fourth-order valence-corrected chi connectivity index (χ4v) is 5.42. The second-order valence-electron chi connectivity index (χ2n) is 6.16. The normalized spacial score (nSPS) is 25.7. The summed E-state index contributed by atoms with van der Waals surface area (Å²) in [6.45, 7) is 5.11. The van der Waals surface area contributed by atoms with Crippen LogP contribution in [0.3, 0.4) is 0 Å². The van der Waals surface area contributed by atoms with Crippen LogP contribution in [0.2, 0.25) is 0 Å². The molecular weight excluding hydrogens is 300 g/mol. The van der Waals surface area contributed by atoms with E-state index in [-0.39, 0.29) is 23.7 Å². The van der Waals surface area contributed by atoms with Crippen molar-refractivity contribution >= 4 is 15.9 Å². The molecule has 0 aromatic heterocycles. The summed E-state index contributed by atoms with van der Waals surface area (Å²) in [6, 6.07) is 7.45. The number of likely N-dealkylation sites (N-methyl/N-ethyl adjacent to an activating group) is 1. The number of carbonyl (C=O) groups is 1. The molecule has 2 atom stereocenters. The number of hydrogen-bond acceptors (Lipinski definition) is 3. The Hall–Kier alpha value is -1.40. The van der Waals surface area contributed by atoms with Gasteiger partial charge in [0.05, 0.1) is 17.8 Å². The van der Waals surface area contributed by atoms with E-state index in [1.165, 1.54) is 0 Å². The van der Waals surface area contributed by atoms with E-state index in [0.29, 0.717) is 19.5 Å². The molecule has 0 spiro atoms. The molecular formula is C16H22N2O3S. The van der Waals surface area contributed by atoms with Crippen LogP contribution in [0.5, 0.6) is 0 Å². The molecule has 2 fully saturated rings. The van der Waals surface area contributed by atoms with Crippen LogP contribution in [-0.4, -0.2) is 48.7 Å². The van der Waals surface area contributed by atoms with Gasteiger partial charge in [0, 0.05) is 19.5 Å². The number of carbonyl (C=O) groups excluding carboxylic acids is 1. The zero-order valence-electron chi connectivity index (χ0n) is 13.0. The number of likely N-dealkylation sites (tertiary alicyclic amines) is 1. The van der Waals surface area contributed by atoms with E-state index in [1.807, 2.05) is 43.0 Å². The van der Waals surface area contributed by atoms with Gasteiger partial charge in [0.15, 0.2) is 0 Å². The van der Waals surface area contributed by atoms with Crippen molar-refractivity contribution in [2.45, 2.75) is 44.5 Å². The number of nitrogens with zero attached hydrogens (tertiary/aromatic N) is 2. The van der Waals surface area contributed by atoms with Crippen LogP contribution in [0.15, 0.2) is 24.3 Å². The van der Waals surface area contributed by atoms with Crippen molar-refractivity contribution in [3.8, 4) is 0 Å². The maximum absolute atomic E-state index is 12.7. The lowest BCUT2D eigenvalue weighted by atomic mass is 10.1. The van der Waals surface area contributed by atoms with E-state index in [2.05, 4.69) is 0 Å². The highest BCUT2D eigenvalue weighted by atomic mass is 32.2. The van der Waals surface area contributed by atoms with Gasteiger partial charge in [-0.3, -0.25) is 4.79 Å². The van der Waals surface area contributed by atoms with Crippen molar-refractivity contribution in [1.82, 2.24) is 9.21 Å². The van der Waals surface area contributed by atoms with Gasteiger partial charge in [-0.05, 0) is 25.8 Å². The highest BCUT2D eigenvalue weighted by molar-refractivity contribution is 7.88. The van der Waals surface area contributed by atoms with E-state index in [1.54, 1.807) is 4.31 Å². The van der Waals surface area contributed by atoms with Crippen molar-refractivity contribution in [2.75, 3.05) is 13.1 Å². The largest absolute Gasteiger partial charge is 0.338 e. The zero-order chi connectivity index (χ0) is 15.9. The molecule has 0 aliphatic carbocycles. The molecule has 22 heavy (non-hydrogen) atoms. The van der Waals surface area contributed by atoms with E-state index in [0.717, 1.165) is 17.5 Å². The molecule has 6 heteroatoms. The minimum Gasteiger partial charge on any atom is -0.338 e. The van der Waals surface area contributed by atoms with Gasteiger partial charge in [-0.15, -0.1) is 0 Å². The smallest absolute Gasteiger partial charge is 0.224 e. The summed E-state index contributed by atoms with van der Waals surface area (Å²) in [5, 5.41) is 0. The standard InChI is InChI=1S/C16H22N2O3S/c1-3-17-14-8-9-18(15(14)10-16(17)19)22(20,21)11-13-6-4-12(2)5-7-13/h4-7,14-15H,3,8-11H2,1-2H3/t14-,15+/m1/s1. The van der Waals surface area contributed by atoms with E-state index in [4.69, 9.17) is 0 Å². The second-order valence-corrected chi connectivity index (χ2v) is 8.08. The van der Waals surface area contributed by atoms with Gasteiger partial charge in [-0.2, -0.15) is 4.31 Å². The lowest BCUT2D eigenvalue weighted by Gasteiger charge is -2.24. The Balaban J connectivity index is 1.79. The summed E-state index contributed by atoms with van der Waals surface area (Å²) >= 11 is 0. The Kier molecular flexibility index (Phi) is 3.99. The number of sulfonamides is 1. The number of benzene rings is 1. The number of hydrogen-bond donors (Lipinski definition) is 0. The summed E-state index contributed by atoms with van der Waals surface area (Å²) < 4.78 is 27.0. The second kappa shape index (κ2) is 5.66. The first-order chi connectivity index (χ1) is 10.4. The summed E-state index contributed by atoms with van der Waals surface area (Å²) in [7, 11) is -3.38. The predicted molar refractivity (Wildman–Crippen MR) is 84.7 cm³/mol. The third-order valence-corrected chi connectivity index (χ3v) is 6.60. The number of aryl methyl sites for hydroxylation is 1. The fourth-order valence-electron chi connectivity index (χ4n) is 3.63. The van der Waals surface area contributed by atoms with Crippen LogP contribution in [0.1, 0.15) is 30.9 Å². The topological polar surface area (TPSA) is 57.7 Å². The van der Waals surface area contributed by atoms with Crippen LogP contribution in [0.25, 0.3) is 0 Å². The number of amides is 1. The monoisotopic (exact) mass is 322 g/mol. The molecule has 0 radical (unpaired) electrons. The summed E-state index contributed by atoms with van der Waals surface area (Å²) in [4.78, 5) is 13.8.